The van der Waals surface area contributed by atoms with E-state index in [1.165, 1.54) is 24.5 Å². The van der Waals surface area contributed by atoms with Gasteiger partial charge in [-0.2, -0.15) is 0 Å². The Morgan fingerprint density at radius 1 is 1.38 bits per heavy atom. The number of hydrogen-bond donors (Lipinski definition) is 1. The summed E-state index contributed by atoms with van der Waals surface area (Å²) in [4.78, 5) is 33.2. The van der Waals surface area contributed by atoms with Crippen molar-refractivity contribution >= 4 is 40.9 Å². The van der Waals surface area contributed by atoms with E-state index in [1.807, 2.05) is 0 Å². The van der Waals surface area contributed by atoms with Gasteiger partial charge in [-0.15, -0.1) is 0 Å². The van der Waals surface area contributed by atoms with Gasteiger partial charge in [0.05, 0.1) is 11.2 Å². The van der Waals surface area contributed by atoms with Gasteiger partial charge in [-0.25, -0.2) is 4.79 Å². The maximum absolute atomic E-state index is 11.7. The summed E-state index contributed by atoms with van der Waals surface area (Å²) in [7, 11) is 0. The van der Waals surface area contributed by atoms with Gasteiger partial charge in [0.15, 0.2) is 6.61 Å². The predicted octanol–water partition coefficient (Wildman–Crippen LogP) is 3.04. The number of carbonyl (C=O) groups excluding carboxylic acids is 2. The molecule has 8 nitrogen and oxygen atoms in total. The van der Waals surface area contributed by atoms with Gasteiger partial charge in [-0.1, -0.05) is 11.6 Å². The average Bonchev–Trinajstić information content (AvgIpc) is 3.06. The van der Waals surface area contributed by atoms with Gasteiger partial charge in [-0.3, -0.25) is 14.9 Å². The van der Waals surface area contributed by atoms with E-state index < -0.39 is 23.4 Å². The molecule has 0 aliphatic rings. The Balaban J connectivity index is 1.86. The third-order valence-corrected chi connectivity index (χ3v) is 3.02. The number of hydrogen-bond acceptors (Lipinski definition) is 6. The summed E-state index contributed by atoms with van der Waals surface area (Å²) >= 11 is 5.67. The molecule has 0 saturated heterocycles. The summed E-state index contributed by atoms with van der Waals surface area (Å²) in [5.41, 5.74) is -0.175. The van der Waals surface area contributed by atoms with Gasteiger partial charge in [0.1, 0.15) is 10.8 Å². The second-order valence-corrected chi connectivity index (χ2v) is 4.84. The Kier molecular flexibility index (Phi) is 5.69. The molecule has 0 atom stereocenters. The van der Waals surface area contributed by atoms with Crippen LogP contribution in [-0.4, -0.2) is 23.4 Å². The largest absolute Gasteiger partial charge is 0.465 e. The maximum Gasteiger partial charge on any atom is 0.331 e. The lowest BCUT2D eigenvalue weighted by Gasteiger charge is -2.05. The van der Waals surface area contributed by atoms with Gasteiger partial charge < -0.3 is 14.5 Å². The number of nitrogens with one attached hydrogen (secondary N) is 1. The molecular formula is C15H11ClN2O6. The van der Waals surface area contributed by atoms with Crippen LogP contribution >= 0.6 is 11.6 Å². The molecule has 0 fully saturated rings. The standard InChI is InChI=1S/C15H11ClN2O6/c16-12-5-3-10(8-13(12)18(21)22)17-14(19)9-24-15(20)6-4-11-2-1-7-23-11/h1-8H,9H2,(H,17,19). The lowest BCUT2D eigenvalue weighted by atomic mass is 10.3. The van der Waals surface area contributed by atoms with Crippen LogP contribution in [0.1, 0.15) is 5.76 Å². The number of carbonyl (C=O) groups is 2. The Morgan fingerprint density at radius 3 is 2.83 bits per heavy atom. The Hall–Kier alpha value is -3.13. The molecule has 2 aromatic rings. The SMILES string of the molecule is O=C(COC(=O)C=Cc1ccco1)Nc1ccc(Cl)c([N+](=O)[O-])c1. The van der Waals surface area contributed by atoms with E-state index in [0.717, 1.165) is 12.1 Å². The van der Waals surface area contributed by atoms with E-state index in [2.05, 4.69) is 5.32 Å². The monoisotopic (exact) mass is 350 g/mol. The van der Waals surface area contributed by atoms with Crippen molar-refractivity contribution < 1.29 is 23.7 Å². The number of rotatable bonds is 6. The summed E-state index contributed by atoms with van der Waals surface area (Å²) in [6, 6.07) is 7.09. The minimum atomic E-state index is -0.733. The van der Waals surface area contributed by atoms with Crippen molar-refractivity contribution in [3.05, 3.63) is 63.6 Å². The lowest BCUT2D eigenvalue weighted by Crippen LogP contribution is -2.20. The highest BCUT2D eigenvalue weighted by Gasteiger charge is 2.14. The normalized spacial score (nSPS) is 10.5. The van der Waals surface area contributed by atoms with E-state index in [4.69, 9.17) is 20.8 Å². The number of ether oxygens (including phenoxy) is 1. The highest BCUT2D eigenvalue weighted by atomic mass is 35.5. The second-order valence-electron chi connectivity index (χ2n) is 4.43. The fourth-order valence-electron chi connectivity index (χ4n) is 1.65. The molecule has 1 aromatic carbocycles. The Morgan fingerprint density at radius 2 is 2.17 bits per heavy atom. The minimum Gasteiger partial charge on any atom is -0.465 e. The number of furan rings is 1. The minimum absolute atomic E-state index is 0.0486. The molecule has 24 heavy (non-hydrogen) atoms. The first-order valence-corrected chi connectivity index (χ1v) is 6.95. The van der Waals surface area contributed by atoms with Crippen LogP contribution < -0.4 is 5.32 Å². The number of esters is 1. The van der Waals surface area contributed by atoms with Crippen molar-refractivity contribution in [2.45, 2.75) is 0 Å². The molecule has 9 heteroatoms. The molecule has 0 unspecified atom stereocenters. The number of nitro benzene ring substituents is 1. The van der Waals surface area contributed by atoms with Crippen LogP contribution in [0.25, 0.3) is 6.08 Å². The van der Waals surface area contributed by atoms with Gasteiger partial charge in [-0.05, 0) is 30.3 Å². The smallest absolute Gasteiger partial charge is 0.331 e. The van der Waals surface area contributed by atoms with Gasteiger partial charge in [0.25, 0.3) is 11.6 Å². The van der Waals surface area contributed by atoms with Gasteiger partial charge in [0, 0.05) is 17.8 Å². The first-order valence-electron chi connectivity index (χ1n) is 6.58. The zero-order chi connectivity index (χ0) is 17.5. The molecule has 0 bridgehead atoms. The summed E-state index contributed by atoms with van der Waals surface area (Å²) in [6.07, 6.45) is 3.95. The first-order chi connectivity index (χ1) is 11.5. The zero-order valence-electron chi connectivity index (χ0n) is 12.1. The van der Waals surface area contributed by atoms with Crippen molar-refractivity contribution in [2.75, 3.05) is 11.9 Å². The van der Waals surface area contributed by atoms with Crippen LogP contribution in [0.2, 0.25) is 5.02 Å². The number of benzene rings is 1. The van der Waals surface area contributed by atoms with Crippen molar-refractivity contribution in [3.63, 3.8) is 0 Å². The molecule has 1 N–H and O–H groups in total. The topological polar surface area (TPSA) is 112 Å². The lowest BCUT2D eigenvalue weighted by molar-refractivity contribution is -0.384. The fourth-order valence-corrected chi connectivity index (χ4v) is 1.84. The maximum atomic E-state index is 11.7. The van der Waals surface area contributed by atoms with Crippen LogP contribution in [0.3, 0.4) is 0 Å². The van der Waals surface area contributed by atoms with E-state index in [-0.39, 0.29) is 16.4 Å². The molecule has 1 amide bonds. The fraction of sp³-hybridized carbons (Fsp3) is 0.0667. The van der Waals surface area contributed by atoms with Crippen LogP contribution in [0.15, 0.2) is 47.1 Å². The van der Waals surface area contributed by atoms with Gasteiger partial charge in [0.2, 0.25) is 0 Å². The average molecular weight is 351 g/mol. The first kappa shape index (κ1) is 17.2. The van der Waals surface area contributed by atoms with E-state index in [1.54, 1.807) is 12.1 Å². The van der Waals surface area contributed by atoms with Crippen molar-refractivity contribution in [2.24, 2.45) is 0 Å². The third-order valence-electron chi connectivity index (χ3n) is 2.70. The van der Waals surface area contributed by atoms with Crippen LogP contribution in [0, 0.1) is 10.1 Å². The van der Waals surface area contributed by atoms with Crippen LogP contribution in [-0.2, 0) is 14.3 Å². The van der Waals surface area contributed by atoms with Crippen LogP contribution in [0.5, 0.6) is 0 Å². The third kappa shape index (κ3) is 4.96. The zero-order valence-corrected chi connectivity index (χ0v) is 12.9. The van der Waals surface area contributed by atoms with Crippen molar-refractivity contribution in [1.82, 2.24) is 0 Å². The molecule has 2 rings (SSSR count). The number of anilines is 1. The molecular weight excluding hydrogens is 340 g/mol. The molecule has 124 valence electrons. The molecule has 0 saturated carbocycles. The highest BCUT2D eigenvalue weighted by molar-refractivity contribution is 6.32. The predicted molar refractivity (Wildman–Crippen MR) is 85.4 cm³/mol. The molecule has 0 aliphatic heterocycles. The summed E-state index contributed by atoms with van der Waals surface area (Å²) in [5, 5.41) is 13.1. The second kappa shape index (κ2) is 7.93. The van der Waals surface area contributed by atoms with E-state index >= 15 is 0 Å². The Bertz CT molecular complexity index is 785. The summed E-state index contributed by atoms with van der Waals surface area (Å²) in [5.74, 6) is -0.917. The van der Waals surface area contributed by atoms with Crippen molar-refractivity contribution in [3.8, 4) is 0 Å². The van der Waals surface area contributed by atoms with Crippen molar-refractivity contribution in [1.29, 1.82) is 0 Å². The molecule has 0 aliphatic carbocycles. The number of amides is 1. The van der Waals surface area contributed by atoms with Gasteiger partial charge >= 0.3 is 5.97 Å². The summed E-state index contributed by atoms with van der Waals surface area (Å²) < 4.78 is 9.73. The number of halogens is 1. The van der Waals surface area contributed by atoms with E-state index in [9.17, 15) is 19.7 Å². The quantitative estimate of drug-likeness (QED) is 0.371. The Labute approximate surface area is 140 Å². The number of nitro groups is 1. The molecule has 1 aromatic heterocycles. The van der Waals surface area contributed by atoms with E-state index in [0.29, 0.717) is 5.76 Å². The number of nitrogens with zero attached hydrogens (tertiary/aromatic N) is 1. The van der Waals surface area contributed by atoms with Crippen LogP contribution in [0.4, 0.5) is 11.4 Å². The highest BCUT2D eigenvalue weighted by Crippen LogP contribution is 2.27. The molecule has 1 heterocycles. The molecule has 0 spiro atoms. The summed E-state index contributed by atoms with van der Waals surface area (Å²) in [6.45, 7) is -0.544. The molecule has 0 radical (unpaired) electrons.